The fourth-order valence-electron chi connectivity index (χ4n) is 6.50. The Hall–Kier alpha value is -4.74. The molecule has 1 aliphatic carbocycles. The van der Waals surface area contributed by atoms with Gasteiger partial charge in [-0.1, -0.05) is 66.7 Å². The maximum atomic E-state index is 12.3. The molecule has 2 unspecified atom stereocenters. The van der Waals surface area contributed by atoms with E-state index in [1.807, 2.05) is 79.7 Å². The molecule has 0 fully saturated rings. The van der Waals surface area contributed by atoms with Crippen LogP contribution in [0, 0.1) is 0 Å². The third kappa shape index (κ3) is 3.52. The first-order valence-corrected chi connectivity index (χ1v) is 13.6. The van der Waals surface area contributed by atoms with Crippen LogP contribution in [-0.2, 0) is 11.2 Å². The van der Waals surface area contributed by atoms with Crippen molar-refractivity contribution in [1.29, 1.82) is 0 Å². The average Bonchev–Trinajstić information content (AvgIpc) is 3.27. The summed E-state index contributed by atoms with van der Waals surface area (Å²) < 4.78 is 24.3. The molecule has 7 rings (SSSR count). The molecule has 0 bridgehead atoms. The van der Waals surface area contributed by atoms with E-state index in [0.717, 1.165) is 55.5 Å². The fraction of sp³-hybridized carbons (Fsp3) is 0.167. The number of rotatable bonds is 5. The third-order valence-corrected chi connectivity index (χ3v) is 8.46. The lowest BCUT2D eigenvalue weighted by Gasteiger charge is -2.39. The average molecular weight is 543 g/mol. The highest BCUT2D eigenvalue weighted by Crippen LogP contribution is 2.59. The quantitative estimate of drug-likeness (QED) is 0.250. The smallest absolute Gasteiger partial charge is 0.178 e. The van der Waals surface area contributed by atoms with E-state index in [1.165, 1.54) is 0 Å². The molecular weight excluding hydrogens is 512 g/mol. The van der Waals surface area contributed by atoms with Gasteiger partial charge in [0.25, 0.3) is 0 Å². The van der Waals surface area contributed by atoms with Gasteiger partial charge in [0.05, 0.1) is 21.3 Å². The zero-order valence-corrected chi connectivity index (χ0v) is 23.4. The van der Waals surface area contributed by atoms with Crippen LogP contribution in [0.5, 0.6) is 23.0 Å². The summed E-state index contributed by atoms with van der Waals surface area (Å²) in [5.41, 5.74) is 3.98. The van der Waals surface area contributed by atoms with Crippen molar-refractivity contribution in [1.82, 2.24) is 0 Å². The number of benzene rings is 5. The van der Waals surface area contributed by atoms with Crippen molar-refractivity contribution < 1.29 is 24.1 Å². The Bertz CT molecular complexity index is 1850. The van der Waals surface area contributed by atoms with E-state index >= 15 is 0 Å². The molecule has 204 valence electrons. The molecule has 1 aliphatic heterocycles. The molecule has 0 radical (unpaired) electrons. The van der Waals surface area contributed by atoms with Crippen LogP contribution in [0.2, 0.25) is 0 Å². The van der Waals surface area contributed by atoms with Crippen LogP contribution in [0.3, 0.4) is 0 Å². The number of aliphatic hydroxyl groups is 1. The van der Waals surface area contributed by atoms with Gasteiger partial charge in [-0.25, -0.2) is 0 Å². The van der Waals surface area contributed by atoms with Gasteiger partial charge in [0.15, 0.2) is 17.1 Å². The second-order valence-corrected chi connectivity index (χ2v) is 10.6. The molecule has 5 aromatic carbocycles. The van der Waals surface area contributed by atoms with E-state index in [4.69, 9.17) is 18.9 Å². The lowest BCUT2D eigenvalue weighted by atomic mass is 9.81. The standard InChI is InChI=1S/C36H30O5/c1-35(37)29-16-9-8-15-26(29)32-28-21-31(40-4)30(39-3)20-27(28)25-17-18-36(41-34(25)33(32)35,22-11-6-5-7-12-22)23-13-10-14-24(19-23)38-2/h5-21,37H,1-4H3. The first kappa shape index (κ1) is 25.2. The lowest BCUT2D eigenvalue weighted by Crippen LogP contribution is -2.35. The van der Waals surface area contributed by atoms with Crippen molar-refractivity contribution in [2.24, 2.45) is 0 Å². The van der Waals surface area contributed by atoms with Crippen LogP contribution in [0.1, 0.15) is 34.7 Å². The van der Waals surface area contributed by atoms with Gasteiger partial charge in [-0.15, -0.1) is 0 Å². The summed E-state index contributed by atoms with van der Waals surface area (Å²) in [6.45, 7) is 1.85. The number of hydrogen-bond acceptors (Lipinski definition) is 5. The third-order valence-electron chi connectivity index (χ3n) is 8.46. The second kappa shape index (κ2) is 9.15. The molecule has 5 aromatic rings. The Labute approximate surface area is 239 Å². The monoisotopic (exact) mass is 542 g/mol. The summed E-state index contributed by atoms with van der Waals surface area (Å²) >= 11 is 0. The normalized spacial score (nSPS) is 20.1. The molecule has 0 aromatic heterocycles. The molecule has 2 aliphatic rings. The highest BCUT2D eigenvalue weighted by atomic mass is 16.5. The summed E-state index contributed by atoms with van der Waals surface area (Å²) in [4.78, 5) is 0. The van der Waals surface area contributed by atoms with E-state index in [0.29, 0.717) is 17.2 Å². The summed E-state index contributed by atoms with van der Waals surface area (Å²) in [5.74, 6) is 2.62. The molecule has 1 heterocycles. The van der Waals surface area contributed by atoms with Gasteiger partial charge in [0, 0.05) is 27.8 Å². The molecule has 2 atom stereocenters. The molecule has 0 spiro atoms. The van der Waals surface area contributed by atoms with Crippen molar-refractivity contribution in [3.05, 3.63) is 125 Å². The first-order valence-electron chi connectivity index (χ1n) is 13.6. The van der Waals surface area contributed by atoms with Crippen molar-refractivity contribution in [3.8, 4) is 34.1 Å². The minimum atomic E-state index is -1.29. The molecule has 5 nitrogen and oxygen atoms in total. The van der Waals surface area contributed by atoms with E-state index in [9.17, 15) is 5.11 Å². The molecule has 41 heavy (non-hydrogen) atoms. The Balaban J connectivity index is 1.60. The first-order chi connectivity index (χ1) is 19.9. The zero-order chi connectivity index (χ0) is 28.4. The Morgan fingerprint density at radius 3 is 2.12 bits per heavy atom. The zero-order valence-electron chi connectivity index (χ0n) is 23.4. The summed E-state index contributed by atoms with van der Waals surface area (Å²) in [7, 11) is 4.94. The van der Waals surface area contributed by atoms with E-state index in [1.54, 1.807) is 21.3 Å². The SMILES string of the molecule is COc1cccc(C2(c3ccccc3)C=Cc3c(c4c(c5cc(OC)c(OC)cc35)-c3ccccc3C4(C)O)O2)c1. The Kier molecular flexibility index (Phi) is 5.63. The maximum Gasteiger partial charge on any atom is 0.178 e. The molecule has 0 saturated carbocycles. The molecule has 5 heteroatoms. The lowest BCUT2D eigenvalue weighted by molar-refractivity contribution is 0.0941. The molecule has 0 amide bonds. The number of ether oxygens (including phenoxy) is 4. The van der Waals surface area contributed by atoms with Crippen LogP contribution < -0.4 is 18.9 Å². The van der Waals surface area contributed by atoms with E-state index < -0.39 is 11.2 Å². The minimum Gasteiger partial charge on any atom is -0.497 e. The van der Waals surface area contributed by atoms with Crippen molar-refractivity contribution in [2.45, 2.75) is 18.1 Å². The van der Waals surface area contributed by atoms with Gasteiger partial charge in [-0.2, -0.15) is 0 Å². The highest BCUT2D eigenvalue weighted by Gasteiger charge is 2.46. The summed E-state index contributed by atoms with van der Waals surface area (Å²) in [5, 5.41) is 14.2. The van der Waals surface area contributed by atoms with Gasteiger partial charge < -0.3 is 24.1 Å². The number of methoxy groups -OCH3 is 3. The van der Waals surface area contributed by atoms with Crippen LogP contribution in [0.15, 0.2) is 97.1 Å². The van der Waals surface area contributed by atoms with Gasteiger partial charge in [0.1, 0.15) is 17.1 Å². The largest absolute Gasteiger partial charge is 0.497 e. The van der Waals surface area contributed by atoms with Gasteiger partial charge >= 0.3 is 0 Å². The summed E-state index contributed by atoms with van der Waals surface area (Å²) in [6, 6.07) is 30.1. The second-order valence-electron chi connectivity index (χ2n) is 10.6. The maximum absolute atomic E-state index is 12.3. The van der Waals surface area contributed by atoms with E-state index in [-0.39, 0.29) is 0 Å². The van der Waals surface area contributed by atoms with Crippen LogP contribution in [0.4, 0.5) is 0 Å². The van der Waals surface area contributed by atoms with Crippen LogP contribution in [0.25, 0.3) is 28.0 Å². The molecule has 1 N–H and O–H groups in total. The van der Waals surface area contributed by atoms with Crippen molar-refractivity contribution in [3.63, 3.8) is 0 Å². The molecular formula is C36H30O5. The Morgan fingerprint density at radius 2 is 1.39 bits per heavy atom. The predicted molar refractivity (Wildman–Crippen MR) is 161 cm³/mol. The van der Waals surface area contributed by atoms with Crippen molar-refractivity contribution in [2.75, 3.05) is 21.3 Å². The number of hydrogen-bond donors (Lipinski definition) is 1. The van der Waals surface area contributed by atoms with Crippen molar-refractivity contribution >= 4 is 16.8 Å². The highest BCUT2D eigenvalue weighted by molar-refractivity contribution is 6.09. The van der Waals surface area contributed by atoms with Gasteiger partial charge in [0.2, 0.25) is 0 Å². The fourth-order valence-corrected chi connectivity index (χ4v) is 6.50. The van der Waals surface area contributed by atoms with E-state index in [2.05, 4.69) is 30.4 Å². The minimum absolute atomic E-state index is 0.626. The van der Waals surface area contributed by atoms with Gasteiger partial charge in [-0.05, 0) is 65.2 Å². The number of fused-ring (bicyclic) bond motifs is 8. The van der Waals surface area contributed by atoms with Crippen LogP contribution >= 0.6 is 0 Å². The Morgan fingerprint density at radius 1 is 0.707 bits per heavy atom. The van der Waals surface area contributed by atoms with Gasteiger partial charge in [-0.3, -0.25) is 0 Å². The van der Waals surface area contributed by atoms with Crippen LogP contribution in [-0.4, -0.2) is 26.4 Å². The predicted octanol–water partition coefficient (Wildman–Crippen LogP) is 7.45. The topological polar surface area (TPSA) is 57.2 Å². The molecule has 0 saturated heterocycles. The summed E-state index contributed by atoms with van der Waals surface area (Å²) in [6.07, 6.45) is 4.21.